The predicted octanol–water partition coefficient (Wildman–Crippen LogP) is 3.35. The summed E-state index contributed by atoms with van der Waals surface area (Å²) in [5.41, 5.74) is 0.885. The van der Waals surface area contributed by atoms with Gasteiger partial charge in [-0.15, -0.1) is 0 Å². The molecular formula is C18H22ClNO3. The van der Waals surface area contributed by atoms with Gasteiger partial charge in [-0.3, -0.25) is 0 Å². The number of rotatable bonds is 7. The maximum atomic E-state index is 10.6. The molecule has 4 nitrogen and oxygen atoms in total. The molecule has 0 aliphatic rings. The van der Waals surface area contributed by atoms with Crippen LogP contribution in [0.3, 0.4) is 0 Å². The molecule has 0 heterocycles. The van der Waals surface area contributed by atoms with E-state index in [1.54, 1.807) is 21.1 Å². The lowest BCUT2D eigenvalue weighted by Gasteiger charge is -2.24. The molecule has 0 aromatic heterocycles. The number of ether oxygens (including phenoxy) is 2. The fourth-order valence-electron chi connectivity index (χ4n) is 2.42. The quantitative estimate of drug-likeness (QED) is 0.814. The van der Waals surface area contributed by atoms with E-state index >= 15 is 0 Å². The Labute approximate surface area is 142 Å². The SMILES string of the molecule is COc1cc(CNCC(C)(O)c2ccccc2)cc(Cl)c1OC. The lowest BCUT2D eigenvalue weighted by atomic mass is 9.96. The fraction of sp³-hybridized carbons (Fsp3) is 0.333. The Morgan fingerprint density at radius 3 is 2.43 bits per heavy atom. The molecule has 0 spiro atoms. The summed E-state index contributed by atoms with van der Waals surface area (Å²) in [6.07, 6.45) is 0. The van der Waals surface area contributed by atoms with E-state index in [9.17, 15) is 5.11 Å². The van der Waals surface area contributed by atoms with E-state index in [-0.39, 0.29) is 0 Å². The standard InChI is InChI=1S/C18H22ClNO3/c1-18(21,14-7-5-4-6-8-14)12-20-11-13-9-15(19)17(23-3)16(10-13)22-2/h4-10,20-21H,11-12H2,1-3H3. The highest BCUT2D eigenvalue weighted by molar-refractivity contribution is 6.32. The van der Waals surface area contributed by atoms with E-state index in [0.29, 0.717) is 29.6 Å². The summed E-state index contributed by atoms with van der Waals surface area (Å²) in [6.45, 7) is 2.77. The van der Waals surface area contributed by atoms with E-state index in [1.807, 2.05) is 42.5 Å². The van der Waals surface area contributed by atoms with Crippen molar-refractivity contribution in [1.29, 1.82) is 0 Å². The molecule has 0 aliphatic carbocycles. The summed E-state index contributed by atoms with van der Waals surface area (Å²) in [5.74, 6) is 1.11. The molecule has 0 saturated heterocycles. The van der Waals surface area contributed by atoms with Crippen LogP contribution in [0.25, 0.3) is 0 Å². The molecule has 2 N–H and O–H groups in total. The number of methoxy groups -OCH3 is 2. The summed E-state index contributed by atoms with van der Waals surface area (Å²) in [5, 5.41) is 14.3. The van der Waals surface area contributed by atoms with Gasteiger partial charge in [-0.25, -0.2) is 0 Å². The van der Waals surface area contributed by atoms with Gasteiger partial charge in [-0.05, 0) is 30.2 Å². The van der Waals surface area contributed by atoms with Gasteiger partial charge in [0.05, 0.1) is 24.8 Å². The summed E-state index contributed by atoms with van der Waals surface area (Å²) >= 11 is 6.20. The summed E-state index contributed by atoms with van der Waals surface area (Å²) in [6, 6.07) is 13.3. The van der Waals surface area contributed by atoms with Crippen LogP contribution in [-0.4, -0.2) is 25.9 Å². The van der Waals surface area contributed by atoms with Crippen molar-refractivity contribution in [2.24, 2.45) is 0 Å². The minimum atomic E-state index is -0.943. The van der Waals surface area contributed by atoms with Crippen LogP contribution in [-0.2, 0) is 12.1 Å². The molecule has 1 unspecified atom stereocenters. The minimum absolute atomic E-state index is 0.420. The molecule has 0 fully saturated rings. The van der Waals surface area contributed by atoms with Crippen molar-refractivity contribution in [3.05, 3.63) is 58.6 Å². The second kappa shape index (κ2) is 7.68. The summed E-state index contributed by atoms with van der Waals surface area (Å²) in [7, 11) is 3.13. The number of benzene rings is 2. The Morgan fingerprint density at radius 1 is 1.13 bits per heavy atom. The molecule has 2 aromatic carbocycles. The first-order valence-corrected chi connectivity index (χ1v) is 7.74. The average Bonchev–Trinajstić information content (AvgIpc) is 2.55. The first-order valence-electron chi connectivity index (χ1n) is 7.37. The first kappa shape index (κ1) is 17.6. The zero-order chi connectivity index (χ0) is 16.9. The Hall–Kier alpha value is -1.75. The summed E-state index contributed by atoms with van der Waals surface area (Å²) < 4.78 is 10.5. The lowest BCUT2D eigenvalue weighted by Crippen LogP contribution is -2.35. The highest BCUT2D eigenvalue weighted by Gasteiger charge is 2.22. The third-order valence-electron chi connectivity index (χ3n) is 3.69. The van der Waals surface area contributed by atoms with Gasteiger partial charge in [0.1, 0.15) is 0 Å². The molecular weight excluding hydrogens is 314 g/mol. The smallest absolute Gasteiger partial charge is 0.179 e. The van der Waals surface area contributed by atoms with Crippen molar-refractivity contribution in [3.63, 3.8) is 0 Å². The number of hydrogen-bond donors (Lipinski definition) is 2. The third kappa shape index (κ3) is 4.38. The van der Waals surface area contributed by atoms with Crippen LogP contribution in [0.5, 0.6) is 11.5 Å². The molecule has 0 saturated carbocycles. The largest absolute Gasteiger partial charge is 0.493 e. The Kier molecular flexibility index (Phi) is 5.88. The van der Waals surface area contributed by atoms with Crippen molar-refractivity contribution >= 4 is 11.6 Å². The number of nitrogens with one attached hydrogen (secondary N) is 1. The highest BCUT2D eigenvalue weighted by Crippen LogP contribution is 2.36. The van der Waals surface area contributed by atoms with Crippen molar-refractivity contribution in [3.8, 4) is 11.5 Å². The molecule has 124 valence electrons. The number of halogens is 1. The van der Waals surface area contributed by atoms with Crippen molar-refractivity contribution in [1.82, 2.24) is 5.32 Å². The number of hydrogen-bond acceptors (Lipinski definition) is 4. The molecule has 0 amide bonds. The van der Waals surface area contributed by atoms with Crippen LogP contribution in [0.15, 0.2) is 42.5 Å². The van der Waals surface area contributed by atoms with E-state index in [1.165, 1.54) is 0 Å². The lowest BCUT2D eigenvalue weighted by molar-refractivity contribution is 0.0567. The maximum absolute atomic E-state index is 10.6. The van der Waals surface area contributed by atoms with Crippen LogP contribution < -0.4 is 14.8 Å². The van der Waals surface area contributed by atoms with Gasteiger partial charge < -0.3 is 19.9 Å². The second-order valence-corrected chi connectivity index (χ2v) is 5.96. The Balaban J connectivity index is 2.03. The third-order valence-corrected chi connectivity index (χ3v) is 3.97. The number of aliphatic hydroxyl groups is 1. The monoisotopic (exact) mass is 335 g/mol. The van der Waals surface area contributed by atoms with Crippen molar-refractivity contribution in [2.45, 2.75) is 19.1 Å². The highest BCUT2D eigenvalue weighted by atomic mass is 35.5. The maximum Gasteiger partial charge on any atom is 0.179 e. The molecule has 2 rings (SSSR count). The molecule has 1 atom stereocenters. The topological polar surface area (TPSA) is 50.7 Å². The first-order chi connectivity index (χ1) is 11.0. The van der Waals surface area contributed by atoms with Gasteiger partial charge in [0.2, 0.25) is 0 Å². The van der Waals surface area contributed by atoms with E-state index in [2.05, 4.69) is 5.32 Å². The Bertz CT molecular complexity index is 644. The zero-order valence-corrected chi connectivity index (χ0v) is 14.4. The second-order valence-electron chi connectivity index (χ2n) is 5.56. The van der Waals surface area contributed by atoms with E-state index < -0.39 is 5.60 Å². The van der Waals surface area contributed by atoms with Crippen molar-refractivity contribution < 1.29 is 14.6 Å². The molecule has 0 radical (unpaired) electrons. The molecule has 5 heteroatoms. The van der Waals surface area contributed by atoms with Crippen molar-refractivity contribution in [2.75, 3.05) is 20.8 Å². The van der Waals surface area contributed by atoms with Crippen LogP contribution >= 0.6 is 11.6 Å². The van der Waals surface area contributed by atoms with Gasteiger partial charge in [0, 0.05) is 13.1 Å². The minimum Gasteiger partial charge on any atom is -0.493 e. The van der Waals surface area contributed by atoms with Crippen LogP contribution in [0.1, 0.15) is 18.1 Å². The van der Waals surface area contributed by atoms with Gasteiger partial charge in [-0.2, -0.15) is 0 Å². The van der Waals surface area contributed by atoms with Crippen LogP contribution in [0.4, 0.5) is 0 Å². The van der Waals surface area contributed by atoms with Gasteiger partial charge in [0.25, 0.3) is 0 Å². The van der Waals surface area contributed by atoms with Crippen LogP contribution in [0.2, 0.25) is 5.02 Å². The Morgan fingerprint density at radius 2 is 1.83 bits per heavy atom. The van der Waals surface area contributed by atoms with E-state index in [0.717, 1.165) is 11.1 Å². The van der Waals surface area contributed by atoms with Gasteiger partial charge in [-0.1, -0.05) is 41.9 Å². The van der Waals surface area contributed by atoms with E-state index in [4.69, 9.17) is 21.1 Å². The molecule has 0 bridgehead atoms. The van der Waals surface area contributed by atoms with Gasteiger partial charge in [0.15, 0.2) is 11.5 Å². The normalized spacial score (nSPS) is 13.4. The molecule has 23 heavy (non-hydrogen) atoms. The van der Waals surface area contributed by atoms with Gasteiger partial charge >= 0.3 is 0 Å². The predicted molar refractivity (Wildman–Crippen MR) is 92.3 cm³/mol. The summed E-state index contributed by atoms with van der Waals surface area (Å²) in [4.78, 5) is 0. The molecule has 0 aliphatic heterocycles. The average molecular weight is 336 g/mol. The zero-order valence-electron chi connectivity index (χ0n) is 13.6. The molecule has 2 aromatic rings. The van der Waals surface area contributed by atoms with Crippen LogP contribution in [0, 0.1) is 0 Å². The fourth-order valence-corrected chi connectivity index (χ4v) is 2.73.